The van der Waals surface area contributed by atoms with Crippen molar-refractivity contribution in [3.8, 4) is 5.88 Å². The summed E-state index contributed by atoms with van der Waals surface area (Å²) in [5.74, 6) is -2.60. The van der Waals surface area contributed by atoms with E-state index in [0.717, 1.165) is 22.6 Å². The zero-order chi connectivity index (χ0) is 16.4. The highest BCUT2D eigenvalue weighted by molar-refractivity contribution is 14.1. The van der Waals surface area contributed by atoms with E-state index < -0.39 is 39.2 Å². The van der Waals surface area contributed by atoms with E-state index in [1.165, 1.54) is 6.92 Å². The second kappa shape index (κ2) is 6.23. The van der Waals surface area contributed by atoms with Gasteiger partial charge in [0.05, 0.1) is 12.2 Å². The van der Waals surface area contributed by atoms with Gasteiger partial charge in [0.15, 0.2) is 0 Å². The highest BCUT2D eigenvalue weighted by Crippen LogP contribution is 2.37. The van der Waals surface area contributed by atoms with E-state index in [1.807, 2.05) is 0 Å². The van der Waals surface area contributed by atoms with Gasteiger partial charge in [-0.2, -0.15) is 13.2 Å². The lowest BCUT2D eigenvalue weighted by atomic mass is 10.1. The summed E-state index contributed by atoms with van der Waals surface area (Å²) >= 11 is 1.06. The molecule has 1 heterocycles. The summed E-state index contributed by atoms with van der Waals surface area (Å²) in [5.41, 5.74) is -2.57. The molecule has 0 atom stereocenters. The molecule has 0 spiro atoms. The van der Waals surface area contributed by atoms with Crippen molar-refractivity contribution in [1.82, 2.24) is 4.98 Å². The highest BCUT2D eigenvalue weighted by Gasteiger charge is 2.40. The Labute approximate surface area is 127 Å². The van der Waals surface area contributed by atoms with Gasteiger partial charge in [-0.25, -0.2) is 9.78 Å². The molecule has 0 amide bonds. The van der Waals surface area contributed by atoms with E-state index in [2.05, 4.69) is 14.5 Å². The fraction of sp³-hybridized carbons (Fsp3) is 0.400. The molecular weight excluding hydrogens is 423 g/mol. The van der Waals surface area contributed by atoms with Gasteiger partial charge < -0.3 is 9.47 Å². The molecule has 11 heteroatoms. The first-order chi connectivity index (χ1) is 9.45. The predicted molar refractivity (Wildman–Crippen MR) is 64.6 cm³/mol. The van der Waals surface area contributed by atoms with Crippen molar-refractivity contribution in [3.05, 3.63) is 20.9 Å². The van der Waals surface area contributed by atoms with Crippen LogP contribution in [0.5, 0.6) is 5.88 Å². The van der Waals surface area contributed by atoms with Crippen LogP contribution in [0, 0.1) is 3.70 Å². The molecule has 4 nitrogen and oxygen atoms in total. The van der Waals surface area contributed by atoms with E-state index in [9.17, 15) is 31.1 Å². The molecule has 0 radical (unpaired) electrons. The summed E-state index contributed by atoms with van der Waals surface area (Å²) in [4.78, 5) is 14.5. The molecule has 1 rings (SSSR count). The van der Waals surface area contributed by atoms with Gasteiger partial charge in [0, 0.05) is 6.07 Å². The summed E-state index contributed by atoms with van der Waals surface area (Å²) in [7, 11) is 0. The van der Waals surface area contributed by atoms with Crippen LogP contribution in [-0.4, -0.2) is 23.9 Å². The average molecular weight is 429 g/mol. The topological polar surface area (TPSA) is 48.4 Å². The smallest absolute Gasteiger partial charge is 0.462 e. The Bertz CT molecular complexity index is 543. The molecule has 1 aromatic rings. The lowest BCUT2D eigenvalue weighted by Crippen LogP contribution is -2.22. The number of nitrogens with zero attached hydrogens (tertiary/aromatic N) is 1. The van der Waals surface area contributed by atoms with Crippen molar-refractivity contribution < 1.29 is 40.6 Å². The van der Waals surface area contributed by atoms with E-state index >= 15 is 0 Å². The highest BCUT2D eigenvalue weighted by atomic mass is 127. The molecule has 0 unspecified atom stereocenters. The first kappa shape index (κ1) is 17.8. The maximum absolute atomic E-state index is 12.9. The average Bonchev–Trinajstić information content (AvgIpc) is 2.23. The van der Waals surface area contributed by atoms with Crippen LogP contribution in [0.15, 0.2) is 6.07 Å². The third kappa shape index (κ3) is 4.89. The number of carbonyl (C=O) groups is 1. The number of esters is 1. The van der Waals surface area contributed by atoms with Gasteiger partial charge in [-0.3, -0.25) is 0 Å². The van der Waals surface area contributed by atoms with Crippen molar-refractivity contribution in [2.45, 2.75) is 19.5 Å². The van der Waals surface area contributed by atoms with Crippen LogP contribution in [0.2, 0.25) is 0 Å². The van der Waals surface area contributed by atoms with E-state index in [0.29, 0.717) is 0 Å². The molecular formula is C10H6F6INO3. The third-order valence-electron chi connectivity index (χ3n) is 1.95. The maximum atomic E-state index is 12.9. The van der Waals surface area contributed by atoms with Gasteiger partial charge in [0.2, 0.25) is 5.88 Å². The molecule has 0 saturated carbocycles. The standard InChI is InChI=1S/C10H6F6INO3/c1-2-20-8(19)4-3-5(21-10(14,15)16)18-7(17)6(4)9(11,12)13/h3H,2H2,1H3. The Morgan fingerprint density at radius 3 is 2.29 bits per heavy atom. The molecule has 0 bridgehead atoms. The zero-order valence-corrected chi connectivity index (χ0v) is 12.3. The van der Waals surface area contributed by atoms with Crippen molar-refractivity contribution in [2.24, 2.45) is 0 Å². The number of rotatable bonds is 3. The SMILES string of the molecule is CCOC(=O)c1cc(OC(F)(F)F)nc(I)c1C(F)(F)F. The largest absolute Gasteiger partial charge is 0.574 e. The Balaban J connectivity index is 3.43. The fourth-order valence-electron chi connectivity index (χ4n) is 1.30. The summed E-state index contributed by atoms with van der Waals surface area (Å²) in [6, 6.07) is 0.246. The van der Waals surface area contributed by atoms with Crippen LogP contribution in [0.1, 0.15) is 22.8 Å². The lowest BCUT2D eigenvalue weighted by Gasteiger charge is -2.15. The molecule has 118 valence electrons. The minimum atomic E-state index is -5.15. The number of halogens is 7. The number of hydrogen-bond acceptors (Lipinski definition) is 4. The van der Waals surface area contributed by atoms with Gasteiger partial charge in [-0.15, -0.1) is 13.2 Å². The molecule has 0 fully saturated rings. The van der Waals surface area contributed by atoms with Crippen molar-refractivity contribution in [2.75, 3.05) is 6.61 Å². The maximum Gasteiger partial charge on any atom is 0.574 e. The lowest BCUT2D eigenvalue weighted by molar-refractivity contribution is -0.276. The number of alkyl halides is 6. The molecule has 1 aromatic heterocycles. The van der Waals surface area contributed by atoms with Gasteiger partial charge >= 0.3 is 18.5 Å². The summed E-state index contributed by atoms with van der Waals surface area (Å²) in [6.07, 6.45) is -10.1. The first-order valence-electron chi connectivity index (χ1n) is 5.16. The van der Waals surface area contributed by atoms with Crippen molar-refractivity contribution in [3.63, 3.8) is 0 Å². The van der Waals surface area contributed by atoms with Gasteiger partial charge in [-0.05, 0) is 29.5 Å². The number of aromatic nitrogens is 1. The van der Waals surface area contributed by atoms with Crippen molar-refractivity contribution >= 4 is 28.6 Å². The molecule has 0 aliphatic carbocycles. The van der Waals surface area contributed by atoms with Crippen LogP contribution in [-0.2, 0) is 10.9 Å². The van der Waals surface area contributed by atoms with Crippen molar-refractivity contribution in [1.29, 1.82) is 0 Å². The number of pyridine rings is 1. The van der Waals surface area contributed by atoms with Crippen LogP contribution in [0.3, 0.4) is 0 Å². The minimum absolute atomic E-state index is 0.246. The second-order valence-corrected chi connectivity index (χ2v) is 4.46. The summed E-state index contributed by atoms with van der Waals surface area (Å²) in [5, 5.41) is 0. The predicted octanol–water partition coefficient (Wildman–Crippen LogP) is 3.78. The minimum Gasteiger partial charge on any atom is -0.462 e. The molecule has 0 aromatic carbocycles. The molecule has 0 aliphatic rings. The van der Waals surface area contributed by atoms with E-state index in [1.54, 1.807) is 0 Å². The molecule has 0 N–H and O–H groups in total. The molecule has 21 heavy (non-hydrogen) atoms. The normalized spacial score (nSPS) is 12.2. The summed E-state index contributed by atoms with van der Waals surface area (Å²) in [6.45, 7) is 1.09. The number of hydrogen-bond donors (Lipinski definition) is 0. The quantitative estimate of drug-likeness (QED) is 0.318. The molecule has 0 aliphatic heterocycles. The van der Waals surface area contributed by atoms with Gasteiger partial charge in [0.25, 0.3) is 0 Å². The second-order valence-electron chi connectivity index (χ2n) is 3.44. The van der Waals surface area contributed by atoms with Gasteiger partial charge in [-0.1, -0.05) is 0 Å². The van der Waals surface area contributed by atoms with Gasteiger partial charge in [0.1, 0.15) is 9.26 Å². The number of ether oxygens (including phenoxy) is 2. The van der Waals surface area contributed by atoms with E-state index in [-0.39, 0.29) is 12.7 Å². The molecule has 0 saturated heterocycles. The Morgan fingerprint density at radius 2 is 1.86 bits per heavy atom. The van der Waals surface area contributed by atoms with Crippen LogP contribution >= 0.6 is 22.6 Å². The Kier molecular flexibility index (Phi) is 5.28. The Hall–Kier alpha value is -1.27. The third-order valence-corrected chi connectivity index (χ3v) is 2.73. The zero-order valence-electron chi connectivity index (χ0n) is 10.1. The van der Waals surface area contributed by atoms with Crippen LogP contribution in [0.4, 0.5) is 26.3 Å². The number of carbonyl (C=O) groups excluding carboxylic acids is 1. The summed E-state index contributed by atoms with van der Waals surface area (Å²) < 4.78 is 81.8. The van der Waals surface area contributed by atoms with E-state index in [4.69, 9.17) is 0 Å². The van der Waals surface area contributed by atoms with Crippen LogP contribution in [0.25, 0.3) is 0 Å². The van der Waals surface area contributed by atoms with Crippen LogP contribution < -0.4 is 4.74 Å². The fourth-order valence-corrected chi connectivity index (χ4v) is 2.14. The monoisotopic (exact) mass is 429 g/mol. The Morgan fingerprint density at radius 1 is 1.29 bits per heavy atom. The first-order valence-corrected chi connectivity index (χ1v) is 6.24.